The van der Waals surface area contributed by atoms with E-state index in [1.165, 1.54) is 302 Å². The Labute approximate surface area is 445 Å². The second kappa shape index (κ2) is 61.4. The fraction of sp³-hybridized carbons (Fsp3) is 0.969. The molecule has 0 aliphatic heterocycles. The van der Waals surface area contributed by atoms with E-state index in [0.29, 0.717) is 25.9 Å². The van der Waals surface area contributed by atoms with Crippen molar-refractivity contribution in [1.29, 1.82) is 0 Å². The fourth-order valence-electron chi connectivity index (χ4n) is 10.6. The molecular formula is C65H129NO5. The van der Waals surface area contributed by atoms with Crippen LogP contribution in [0, 0.1) is 0 Å². The predicted octanol–water partition coefficient (Wildman–Crippen LogP) is 20.6. The smallest absolute Gasteiger partial charge is 0.305 e. The van der Waals surface area contributed by atoms with E-state index in [4.69, 9.17) is 4.74 Å². The van der Waals surface area contributed by atoms with Crippen LogP contribution < -0.4 is 5.32 Å². The number of hydrogen-bond acceptors (Lipinski definition) is 5. The molecule has 0 aliphatic carbocycles. The minimum absolute atomic E-state index is 0.00588. The van der Waals surface area contributed by atoms with Gasteiger partial charge in [0, 0.05) is 12.8 Å². The van der Waals surface area contributed by atoms with E-state index >= 15 is 0 Å². The number of nitrogens with one attached hydrogen (secondary N) is 1. The molecule has 2 unspecified atom stereocenters. The summed E-state index contributed by atoms with van der Waals surface area (Å²) in [6.07, 6.45) is 72.6. The van der Waals surface area contributed by atoms with E-state index in [-0.39, 0.29) is 18.5 Å². The van der Waals surface area contributed by atoms with E-state index in [9.17, 15) is 19.8 Å². The zero-order valence-electron chi connectivity index (χ0n) is 48.5. The third-order valence-corrected chi connectivity index (χ3v) is 15.7. The maximum absolute atomic E-state index is 12.5. The summed E-state index contributed by atoms with van der Waals surface area (Å²) < 4.78 is 5.49. The van der Waals surface area contributed by atoms with Crippen LogP contribution in [0.3, 0.4) is 0 Å². The van der Waals surface area contributed by atoms with Crippen LogP contribution in [0.2, 0.25) is 0 Å². The topological polar surface area (TPSA) is 95.9 Å². The normalized spacial score (nSPS) is 12.5. The summed E-state index contributed by atoms with van der Waals surface area (Å²) in [5.41, 5.74) is 0. The number of rotatable bonds is 62. The Kier molecular flexibility index (Phi) is 60.4. The Bertz CT molecular complexity index is 1020. The van der Waals surface area contributed by atoms with Crippen molar-refractivity contribution < 1.29 is 24.5 Å². The van der Waals surface area contributed by atoms with Crippen molar-refractivity contribution >= 4 is 11.9 Å². The van der Waals surface area contributed by atoms with Crippen LogP contribution in [0.25, 0.3) is 0 Å². The summed E-state index contributed by atoms with van der Waals surface area (Å²) in [5, 5.41) is 23.4. The minimum Gasteiger partial charge on any atom is -0.466 e. The lowest BCUT2D eigenvalue weighted by Crippen LogP contribution is -2.45. The van der Waals surface area contributed by atoms with Gasteiger partial charge in [-0.1, -0.05) is 341 Å². The van der Waals surface area contributed by atoms with E-state index in [1.807, 2.05) is 0 Å². The third-order valence-electron chi connectivity index (χ3n) is 15.7. The molecule has 2 atom stereocenters. The molecule has 71 heavy (non-hydrogen) atoms. The van der Waals surface area contributed by atoms with Gasteiger partial charge in [0.1, 0.15) is 0 Å². The number of aliphatic hydroxyl groups is 2. The fourth-order valence-corrected chi connectivity index (χ4v) is 10.6. The summed E-state index contributed by atoms with van der Waals surface area (Å²) in [7, 11) is 0. The monoisotopic (exact) mass is 1000 g/mol. The molecule has 0 saturated carbocycles. The summed E-state index contributed by atoms with van der Waals surface area (Å²) >= 11 is 0. The van der Waals surface area contributed by atoms with Gasteiger partial charge in [0.2, 0.25) is 5.91 Å². The average molecular weight is 1000 g/mol. The number of unbranched alkanes of at least 4 members (excludes halogenated alkanes) is 51. The number of hydrogen-bond donors (Lipinski definition) is 3. The van der Waals surface area contributed by atoms with Crippen LogP contribution in [0.1, 0.15) is 380 Å². The molecule has 0 rings (SSSR count). The highest BCUT2D eigenvalue weighted by atomic mass is 16.5. The van der Waals surface area contributed by atoms with Crippen LogP contribution in [-0.4, -0.2) is 47.4 Å². The number of aliphatic hydroxyl groups excluding tert-OH is 2. The number of carbonyl (C=O) groups is 2. The van der Waals surface area contributed by atoms with Crippen LogP contribution in [0.5, 0.6) is 0 Å². The lowest BCUT2D eigenvalue weighted by atomic mass is 10.0. The average Bonchev–Trinajstić information content (AvgIpc) is 3.37. The number of amides is 1. The molecule has 0 aliphatic rings. The second-order valence-electron chi connectivity index (χ2n) is 22.8. The van der Waals surface area contributed by atoms with Crippen molar-refractivity contribution in [2.24, 2.45) is 0 Å². The lowest BCUT2D eigenvalue weighted by molar-refractivity contribution is -0.143. The molecule has 3 N–H and O–H groups in total. The van der Waals surface area contributed by atoms with Crippen molar-refractivity contribution in [3.63, 3.8) is 0 Å². The SMILES string of the molecule is CCCCCCCCCCCCCCCCCCCCCCCCCC(O)C(CO)NC(=O)CCCCCCCCCCCCCCCCCOC(=O)CCCCCCCCCCCCCCCCCC. The first kappa shape index (κ1) is 69.9. The summed E-state index contributed by atoms with van der Waals surface area (Å²) in [6, 6.07) is -0.548. The first-order valence-corrected chi connectivity index (χ1v) is 32.8. The number of ether oxygens (including phenoxy) is 1. The zero-order chi connectivity index (χ0) is 51.4. The van der Waals surface area contributed by atoms with E-state index in [1.54, 1.807) is 0 Å². The number of esters is 1. The van der Waals surface area contributed by atoms with Crippen molar-refractivity contribution in [1.82, 2.24) is 5.32 Å². The van der Waals surface area contributed by atoms with Gasteiger partial charge in [-0.3, -0.25) is 9.59 Å². The van der Waals surface area contributed by atoms with Crippen LogP contribution in [-0.2, 0) is 14.3 Å². The van der Waals surface area contributed by atoms with Crippen molar-refractivity contribution in [3.8, 4) is 0 Å². The Morgan fingerprint density at radius 3 is 0.859 bits per heavy atom. The van der Waals surface area contributed by atoms with Gasteiger partial charge >= 0.3 is 5.97 Å². The van der Waals surface area contributed by atoms with E-state index < -0.39 is 12.1 Å². The standard InChI is InChI=1S/C65H129NO5/c1-3-5-7-9-11-13-15-17-19-21-22-23-24-25-26-27-29-33-37-41-45-49-53-57-63(68)62(61-67)66-64(69)58-54-50-46-42-38-34-30-28-32-36-40-44-48-52-56-60-71-65(70)59-55-51-47-43-39-35-31-20-18-16-14-12-10-8-6-4-2/h62-63,67-68H,3-61H2,1-2H3,(H,66,69). The molecule has 0 aromatic rings. The molecule has 0 aromatic heterocycles. The van der Waals surface area contributed by atoms with Gasteiger partial charge in [0.25, 0.3) is 0 Å². The second-order valence-corrected chi connectivity index (χ2v) is 22.8. The Balaban J connectivity index is 3.40. The van der Waals surface area contributed by atoms with Crippen molar-refractivity contribution in [2.75, 3.05) is 13.2 Å². The number of carbonyl (C=O) groups excluding carboxylic acids is 2. The van der Waals surface area contributed by atoms with Crippen LogP contribution in [0.15, 0.2) is 0 Å². The zero-order valence-corrected chi connectivity index (χ0v) is 48.5. The molecule has 424 valence electrons. The molecule has 0 bridgehead atoms. The van der Waals surface area contributed by atoms with Crippen molar-refractivity contribution in [3.05, 3.63) is 0 Å². The van der Waals surface area contributed by atoms with Crippen LogP contribution >= 0.6 is 0 Å². The molecule has 6 nitrogen and oxygen atoms in total. The molecular weight excluding hydrogens is 875 g/mol. The molecule has 0 aromatic carbocycles. The van der Waals surface area contributed by atoms with Gasteiger partial charge in [-0.2, -0.15) is 0 Å². The van der Waals surface area contributed by atoms with Gasteiger partial charge in [-0.05, 0) is 25.7 Å². The maximum atomic E-state index is 12.5. The predicted molar refractivity (Wildman–Crippen MR) is 310 cm³/mol. The molecule has 1 amide bonds. The molecule has 6 heteroatoms. The highest BCUT2D eigenvalue weighted by Crippen LogP contribution is 2.19. The lowest BCUT2D eigenvalue weighted by Gasteiger charge is -2.22. The molecule has 0 radical (unpaired) electrons. The highest BCUT2D eigenvalue weighted by Gasteiger charge is 2.20. The van der Waals surface area contributed by atoms with Gasteiger partial charge in [-0.25, -0.2) is 0 Å². The first-order valence-electron chi connectivity index (χ1n) is 32.8. The minimum atomic E-state index is -0.670. The van der Waals surface area contributed by atoms with Gasteiger partial charge in [0.05, 0.1) is 25.4 Å². The Morgan fingerprint density at radius 2 is 0.577 bits per heavy atom. The molecule has 0 heterocycles. The van der Waals surface area contributed by atoms with Gasteiger partial charge < -0.3 is 20.3 Å². The molecule has 0 saturated heterocycles. The molecule has 0 spiro atoms. The Hall–Kier alpha value is -1.14. The van der Waals surface area contributed by atoms with Crippen LogP contribution in [0.4, 0.5) is 0 Å². The van der Waals surface area contributed by atoms with E-state index in [2.05, 4.69) is 19.2 Å². The summed E-state index contributed by atoms with van der Waals surface area (Å²) in [6.45, 7) is 4.98. The summed E-state index contributed by atoms with van der Waals surface area (Å²) in [4.78, 5) is 24.6. The quantitative estimate of drug-likeness (QED) is 0.0417. The molecule has 0 fully saturated rings. The summed E-state index contributed by atoms with van der Waals surface area (Å²) in [5.74, 6) is -0.0321. The van der Waals surface area contributed by atoms with Crippen molar-refractivity contribution in [2.45, 2.75) is 392 Å². The maximum Gasteiger partial charge on any atom is 0.305 e. The van der Waals surface area contributed by atoms with Gasteiger partial charge in [0.15, 0.2) is 0 Å². The largest absolute Gasteiger partial charge is 0.466 e. The Morgan fingerprint density at radius 1 is 0.338 bits per heavy atom. The van der Waals surface area contributed by atoms with Gasteiger partial charge in [-0.15, -0.1) is 0 Å². The first-order chi connectivity index (χ1) is 35.0. The third kappa shape index (κ3) is 58.0. The highest BCUT2D eigenvalue weighted by molar-refractivity contribution is 5.76. The van der Waals surface area contributed by atoms with E-state index in [0.717, 1.165) is 44.9 Å².